The van der Waals surface area contributed by atoms with Crippen molar-refractivity contribution < 1.29 is 9.53 Å². The lowest BCUT2D eigenvalue weighted by atomic mass is 10.1. The van der Waals surface area contributed by atoms with Crippen molar-refractivity contribution >= 4 is 5.97 Å². The summed E-state index contributed by atoms with van der Waals surface area (Å²) in [4.78, 5) is 20.1. The number of hydrogen-bond donors (Lipinski definition) is 0. The molecule has 4 nitrogen and oxygen atoms in total. The lowest BCUT2D eigenvalue weighted by molar-refractivity contribution is 0.0512. The third-order valence-corrected chi connectivity index (χ3v) is 2.73. The summed E-state index contributed by atoms with van der Waals surface area (Å²) in [6.45, 7) is 5.93. The van der Waals surface area contributed by atoms with Crippen LogP contribution in [0.25, 0.3) is 11.3 Å². The highest BCUT2D eigenvalue weighted by Gasteiger charge is 2.13. The number of esters is 1. The van der Waals surface area contributed by atoms with E-state index >= 15 is 0 Å². The van der Waals surface area contributed by atoms with Gasteiger partial charge in [0, 0.05) is 11.3 Å². The second-order valence-electron chi connectivity index (χ2n) is 4.25. The molecule has 0 saturated carbocycles. The molecule has 0 atom stereocenters. The summed E-state index contributed by atoms with van der Waals surface area (Å²) in [6, 6.07) is 9.77. The molecule has 1 aromatic heterocycles. The number of rotatable bonds is 3. The van der Waals surface area contributed by atoms with Crippen molar-refractivity contribution in [2.75, 3.05) is 6.61 Å². The Morgan fingerprint density at radius 2 is 1.95 bits per heavy atom. The number of carbonyl (C=O) groups is 1. The normalized spacial score (nSPS) is 10.3. The SMILES string of the molecule is CCOC(=O)c1nc(C)cc(-c2ccccc2C)n1. The van der Waals surface area contributed by atoms with Crippen molar-refractivity contribution in [3.63, 3.8) is 0 Å². The summed E-state index contributed by atoms with van der Waals surface area (Å²) in [5, 5.41) is 0. The lowest BCUT2D eigenvalue weighted by Crippen LogP contribution is -2.11. The van der Waals surface area contributed by atoms with Gasteiger partial charge in [0.15, 0.2) is 0 Å². The highest BCUT2D eigenvalue weighted by atomic mass is 16.5. The average molecular weight is 256 g/mol. The van der Waals surface area contributed by atoms with E-state index in [0.717, 1.165) is 22.5 Å². The van der Waals surface area contributed by atoms with Crippen LogP contribution in [0.15, 0.2) is 30.3 Å². The third kappa shape index (κ3) is 2.96. The first-order valence-corrected chi connectivity index (χ1v) is 6.20. The van der Waals surface area contributed by atoms with Crippen LogP contribution >= 0.6 is 0 Å². The van der Waals surface area contributed by atoms with Crippen molar-refractivity contribution in [1.82, 2.24) is 9.97 Å². The van der Waals surface area contributed by atoms with Crippen LogP contribution in [0.1, 0.15) is 28.8 Å². The average Bonchev–Trinajstić information content (AvgIpc) is 2.39. The van der Waals surface area contributed by atoms with Crippen LogP contribution in [-0.4, -0.2) is 22.5 Å². The molecule has 0 amide bonds. The molecule has 19 heavy (non-hydrogen) atoms. The van der Waals surface area contributed by atoms with Gasteiger partial charge in [-0.2, -0.15) is 0 Å². The Kier molecular flexibility index (Phi) is 3.90. The van der Waals surface area contributed by atoms with E-state index in [9.17, 15) is 4.79 Å². The van der Waals surface area contributed by atoms with E-state index in [2.05, 4.69) is 9.97 Å². The Morgan fingerprint density at radius 1 is 1.21 bits per heavy atom. The first-order chi connectivity index (χ1) is 9.11. The van der Waals surface area contributed by atoms with Gasteiger partial charge in [0.25, 0.3) is 0 Å². The molecule has 0 aliphatic rings. The molecule has 4 heteroatoms. The minimum Gasteiger partial charge on any atom is -0.460 e. The maximum atomic E-state index is 11.7. The number of aryl methyl sites for hydroxylation is 2. The molecule has 0 N–H and O–H groups in total. The highest BCUT2D eigenvalue weighted by molar-refractivity contribution is 5.86. The molecule has 98 valence electrons. The molecule has 0 aliphatic heterocycles. The molecular formula is C15H16N2O2. The molecule has 0 saturated heterocycles. The van der Waals surface area contributed by atoms with Crippen LogP contribution < -0.4 is 0 Å². The molecule has 0 spiro atoms. The smallest absolute Gasteiger partial charge is 0.376 e. The fourth-order valence-electron chi connectivity index (χ4n) is 1.85. The van der Waals surface area contributed by atoms with Crippen LogP contribution in [0.2, 0.25) is 0 Å². The zero-order valence-electron chi connectivity index (χ0n) is 11.3. The monoisotopic (exact) mass is 256 g/mol. The molecule has 0 fully saturated rings. The summed E-state index contributed by atoms with van der Waals surface area (Å²) < 4.78 is 4.94. The highest BCUT2D eigenvalue weighted by Crippen LogP contribution is 2.21. The van der Waals surface area contributed by atoms with E-state index < -0.39 is 5.97 Å². The lowest BCUT2D eigenvalue weighted by Gasteiger charge is -2.07. The van der Waals surface area contributed by atoms with E-state index in [1.165, 1.54) is 0 Å². The molecule has 0 aliphatic carbocycles. The van der Waals surface area contributed by atoms with E-state index in [-0.39, 0.29) is 5.82 Å². The molecule has 0 unspecified atom stereocenters. The van der Waals surface area contributed by atoms with E-state index in [1.807, 2.05) is 44.2 Å². The Bertz CT molecular complexity index is 609. The summed E-state index contributed by atoms with van der Waals surface area (Å²) in [5.74, 6) is -0.374. The van der Waals surface area contributed by atoms with Gasteiger partial charge in [-0.15, -0.1) is 0 Å². The van der Waals surface area contributed by atoms with Gasteiger partial charge in [0.1, 0.15) is 0 Å². The van der Waals surface area contributed by atoms with Gasteiger partial charge in [-0.25, -0.2) is 14.8 Å². The van der Waals surface area contributed by atoms with Gasteiger partial charge in [-0.3, -0.25) is 0 Å². The summed E-state index contributed by atoms with van der Waals surface area (Å²) in [6.07, 6.45) is 0. The van der Waals surface area contributed by atoms with Crippen LogP contribution in [-0.2, 0) is 4.74 Å². The maximum absolute atomic E-state index is 11.7. The first kappa shape index (κ1) is 13.2. The van der Waals surface area contributed by atoms with E-state index in [1.54, 1.807) is 6.92 Å². The van der Waals surface area contributed by atoms with Crippen LogP contribution in [0.5, 0.6) is 0 Å². The second-order valence-corrected chi connectivity index (χ2v) is 4.25. The zero-order valence-corrected chi connectivity index (χ0v) is 11.3. The summed E-state index contributed by atoms with van der Waals surface area (Å²) in [5.41, 5.74) is 3.60. The number of carbonyl (C=O) groups excluding carboxylic acids is 1. The Labute approximate surface area is 112 Å². The third-order valence-electron chi connectivity index (χ3n) is 2.73. The molecule has 2 aromatic rings. The predicted octanol–water partition coefficient (Wildman–Crippen LogP) is 2.94. The topological polar surface area (TPSA) is 52.1 Å². The number of hydrogen-bond acceptors (Lipinski definition) is 4. The maximum Gasteiger partial charge on any atom is 0.376 e. The van der Waals surface area contributed by atoms with Gasteiger partial charge in [0.05, 0.1) is 12.3 Å². The Balaban J connectivity index is 2.48. The van der Waals surface area contributed by atoms with E-state index in [0.29, 0.717) is 6.61 Å². The molecule has 0 radical (unpaired) electrons. The fourth-order valence-corrected chi connectivity index (χ4v) is 1.85. The van der Waals surface area contributed by atoms with Crippen molar-refractivity contribution in [3.05, 3.63) is 47.4 Å². The second kappa shape index (κ2) is 5.61. The van der Waals surface area contributed by atoms with Gasteiger partial charge in [0.2, 0.25) is 5.82 Å². The first-order valence-electron chi connectivity index (χ1n) is 6.20. The van der Waals surface area contributed by atoms with Crippen molar-refractivity contribution in [2.45, 2.75) is 20.8 Å². The number of benzene rings is 1. The van der Waals surface area contributed by atoms with Gasteiger partial charge in [-0.1, -0.05) is 24.3 Å². The van der Waals surface area contributed by atoms with Crippen molar-refractivity contribution in [2.24, 2.45) is 0 Å². The van der Waals surface area contributed by atoms with Crippen molar-refractivity contribution in [3.8, 4) is 11.3 Å². The van der Waals surface area contributed by atoms with Gasteiger partial charge < -0.3 is 4.74 Å². The Morgan fingerprint density at radius 3 is 2.63 bits per heavy atom. The summed E-state index contributed by atoms with van der Waals surface area (Å²) >= 11 is 0. The van der Waals surface area contributed by atoms with Gasteiger partial charge >= 0.3 is 5.97 Å². The standard InChI is InChI=1S/C15H16N2O2/c1-4-19-15(18)14-16-11(3)9-13(17-14)12-8-6-5-7-10(12)2/h5-9H,4H2,1-3H3. The van der Waals surface area contributed by atoms with E-state index in [4.69, 9.17) is 4.74 Å². The molecule has 1 aromatic carbocycles. The molecule has 2 rings (SSSR count). The largest absolute Gasteiger partial charge is 0.460 e. The van der Waals surface area contributed by atoms with Crippen LogP contribution in [0.4, 0.5) is 0 Å². The van der Waals surface area contributed by atoms with Crippen LogP contribution in [0, 0.1) is 13.8 Å². The van der Waals surface area contributed by atoms with Crippen molar-refractivity contribution in [1.29, 1.82) is 0 Å². The fraction of sp³-hybridized carbons (Fsp3) is 0.267. The Hall–Kier alpha value is -2.23. The minimum atomic E-state index is -0.485. The molecular weight excluding hydrogens is 240 g/mol. The summed E-state index contributed by atoms with van der Waals surface area (Å²) in [7, 11) is 0. The van der Waals surface area contributed by atoms with Crippen LogP contribution in [0.3, 0.4) is 0 Å². The number of nitrogens with zero attached hydrogens (tertiary/aromatic N) is 2. The zero-order chi connectivity index (χ0) is 13.8. The number of aromatic nitrogens is 2. The number of ether oxygens (including phenoxy) is 1. The minimum absolute atomic E-state index is 0.111. The molecule has 1 heterocycles. The molecule has 0 bridgehead atoms. The predicted molar refractivity (Wildman–Crippen MR) is 72.9 cm³/mol. The van der Waals surface area contributed by atoms with Gasteiger partial charge in [-0.05, 0) is 32.4 Å². The quantitative estimate of drug-likeness (QED) is 0.792.